The van der Waals surface area contributed by atoms with Gasteiger partial charge in [-0.05, 0) is 45.4 Å². The highest BCUT2D eigenvalue weighted by Gasteiger charge is 2.32. The molecule has 11 heteroatoms. The van der Waals surface area contributed by atoms with Gasteiger partial charge in [-0.2, -0.15) is 0 Å². The Hall–Kier alpha value is -2.24. The first-order chi connectivity index (χ1) is 38.1. The molecule has 0 aromatic carbocycles. The molecule has 2 aliphatic heterocycles. The van der Waals surface area contributed by atoms with E-state index in [1.54, 1.807) is 0 Å². The number of unbranched alkanes of at least 4 members (excludes halogenated alkanes) is 35. The Labute approximate surface area is 484 Å². The maximum absolute atomic E-state index is 12.7. The van der Waals surface area contributed by atoms with Crippen LogP contribution in [-0.2, 0) is 19.2 Å². The van der Waals surface area contributed by atoms with Gasteiger partial charge in [0.1, 0.15) is 6.54 Å². The first-order valence-electron chi connectivity index (χ1n) is 34.5. The lowest BCUT2D eigenvalue weighted by Gasteiger charge is -2.40. The summed E-state index contributed by atoms with van der Waals surface area (Å²) in [6, 6.07) is 0. The van der Waals surface area contributed by atoms with E-state index in [1.165, 1.54) is 225 Å². The number of aliphatic hydroxyl groups is 1. The van der Waals surface area contributed by atoms with Crippen LogP contribution in [0.15, 0.2) is 0 Å². The molecular weight excluding hydrogens is 969 g/mol. The van der Waals surface area contributed by atoms with Crippen molar-refractivity contribution in [3.63, 3.8) is 0 Å². The minimum Gasteiger partial charge on any atom is -0.391 e. The standard InChI is InChI=1S/C43H85N3O2.C24H47N3O3/c1-4-7-9-11-13-15-17-19-21-22-24-26-28-30-32-35-42(47)44-37-40-46(6-3,41-45-38-34-36-43(45)48)39-33-31-29-27-25-23-20-18-16-14-12-10-8-5-2;1-3-4-5-6-7-8-9-10-11-14-23(29)25-16-13-19-27(2,21-22-28)20-18-26-17-12-15-24(26)30/h4-41H2,1-3H3;28H,3-22H2,1-2H3/p+2. The van der Waals surface area contributed by atoms with Crippen molar-refractivity contribution in [1.29, 1.82) is 0 Å². The molecule has 0 spiro atoms. The van der Waals surface area contributed by atoms with Gasteiger partial charge in [0.25, 0.3) is 0 Å². The zero-order valence-electron chi connectivity index (χ0n) is 52.9. The molecular formula is C67H134N6O5+2. The predicted octanol–water partition coefficient (Wildman–Crippen LogP) is 15.7. The lowest BCUT2D eigenvalue weighted by molar-refractivity contribution is -0.933. The average Bonchev–Trinajstić information content (AvgIpc) is 4.06. The fourth-order valence-electron chi connectivity index (χ4n) is 12.0. The van der Waals surface area contributed by atoms with Crippen LogP contribution in [0.1, 0.15) is 317 Å². The van der Waals surface area contributed by atoms with Crippen molar-refractivity contribution in [2.75, 3.05) is 92.3 Å². The van der Waals surface area contributed by atoms with Crippen LogP contribution >= 0.6 is 0 Å². The fraction of sp³-hybridized carbons (Fsp3) is 0.940. The van der Waals surface area contributed by atoms with Crippen LogP contribution in [0.4, 0.5) is 0 Å². The Morgan fingerprint density at radius 1 is 0.423 bits per heavy atom. The molecule has 0 aliphatic carbocycles. The Bertz CT molecular complexity index is 1400. The van der Waals surface area contributed by atoms with E-state index in [1.807, 2.05) is 4.90 Å². The van der Waals surface area contributed by atoms with Gasteiger partial charge in [-0.25, -0.2) is 0 Å². The van der Waals surface area contributed by atoms with Gasteiger partial charge < -0.3 is 29.6 Å². The van der Waals surface area contributed by atoms with E-state index in [9.17, 15) is 24.3 Å². The first-order valence-corrected chi connectivity index (χ1v) is 34.5. The molecule has 2 aliphatic rings. The lowest BCUT2D eigenvalue weighted by atomic mass is 10.0. The van der Waals surface area contributed by atoms with Gasteiger partial charge in [0.15, 0.2) is 6.67 Å². The van der Waals surface area contributed by atoms with Gasteiger partial charge in [0, 0.05) is 51.7 Å². The second-order valence-electron chi connectivity index (χ2n) is 24.9. The maximum atomic E-state index is 12.7. The minimum atomic E-state index is 0.148. The molecule has 2 fully saturated rings. The molecule has 2 rings (SSSR count). The Balaban J connectivity index is 0.000000868. The number of hydrogen-bond acceptors (Lipinski definition) is 5. The number of quaternary nitrogens is 2. The normalized spacial score (nSPS) is 15.2. The number of hydrogen-bond donors (Lipinski definition) is 3. The van der Waals surface area contributed by atoms with E-state index in [0.717, 1.165) is 113 Å². The van der Waals surface area contributed by atoms with Crippen molar-refractivity contribution in [2.24, 2.45) is 0 Å². The van der Waals surface area contributed by atoms with Crippen molar-refractivity contribution < 1.29 is 33.3 Å². The molecule has 78 heavy (non-hydrogen) atoms. The first kappa shape index (κ1) is 73.8. The van der Waals surface area contributed by atoms with Crippen LogP contribution < -0.4 is 10.6 Å². The summed E-state index contributed by atoms with van der Waals surface area (Å²) in [5.41, 5.74) is 0. The van der Waals surface area contributed by atoms with Gasteiger partial charge >= 0.3 is 0 Å². The molecule has 2 saturated heterocycles. The Morgan fingerprint density at radius 2 is 0.782 bits per heavy atom. The number of carbonyl (C=O) groups excluding carboxylic acids is 4. The molecule has 0 saturated carbocycles. The summed E-state index contributed by atoms with van der Waals surface area (Å²) >= 11 is 0. The number of nitrogens with zero attached hydrogens (tertiary/aromatic N) is 4. The van der Waals surface area contributed by atoms with E-state index < -0.39 is 0 Å². The highest BCUT2D eigenvalue weighted by Crippen LogP contribution is 2.20. The molecule has 0 radical (unpaired) electrons. The lowest BCUT2D eigenvalue weighted by Crippen LogP contribution is -2.57. The quantitative estimate of drug-likeness (QED) is 0.0414. The molecule has 2 atom stereocenters. The van der Waals surface area contributed by atoms with Gasteiger partial charge in [-0.3, -0.25) is 24.1 Å². The molecule has 3 N–H and O–H groups in total. The van der Waals surface area contributed by atoms with Crippen molar-refractivity contribution in [1.82, 2.24) is 20.4 Å². The second-order valence-corrected chi connectivity index (χ2v) is 24.9. The van der Waals surface area contributed by atoms with Gasteiger partial charge in [0.05, 0.1) is 59.5 Å². The van der Waals surface area contributed by atoms with Gasteiger partial charge in [-0.1, -0.05) is 239 Å². The molecule has 460 valence electrons. The smallest absolute Gasteiger partial charge is 0.226 e. The summed E-state index contributed by atoms with van der Waals surface area (Å²) in [6.07, 6.45) is 56.5. The molecule has 4 amide bonds. The van der Waals surface area contributed by atoms with E-state index in [4.69, 9.17) is 0 Å². The number of likely N-dealkylation sites (N-methyl/N-ethyl adjacent to an activating group) is 2. The summed E-state index contributed by atoms with van der Waals surface area (Å²) in [7, 11) is 2.14. The number of likely N-dealkylation sites (tertiary alicyclic amines) is 2. The van der Waals surface area contributed by atoms with Crippen molar-refractivity contribution in [2.45, 2.75) is 317 Å². The zero-order valence-corrected chi connectivity index (χ0v) is 52.9. The predicted molar refractivity (Wildman–Crippen MR) is 332 cm³/mol. The maximum Gasteiger partial charge on any atom is 0.226 e. The van der Waals surface area contributed by atoms with E-state index in [2.05, 4.69) is 50.3 Å². The number of nitrogens with one attached hydrogen (secondary N) is 2. The van der Waals surface area contributed by atoms with Crippen LogP contribution in [0.2, 0.25) is 0 Å². The minimum absolute atomic E-state index is 0.148. The summed E-state index contributed by atoms with van der Waals surface area (Å²) < 4.78 is 1.68. The van der Waals surface area contributed by atoms with Crippen LogP contribution in [0.5, 0.6) is 0 Å². The third-order valence-corrected chi connectivity index (χ3v) is 17.6. The molecule has 2 heterocycles. The summed E-state index contributed by atoms with van der Waals surface area (Å²) in [4.78, 5) is 53.1. The Morgan fingerprint density at radius 3 is 1.14 bits per heavy atom. The molecule has 0 aromatic heterocycles. The topological polar surface area (TPSA) is 119 Å². The van der Waals surface area contributed by atoms with Crippen LogP contribution in [0.25, 0.3) is 0 Å². The summed E-state index contributed by atoms with van der Waals surface area (Å²) in [5, 5.41) is 15.7. The SMILES string of the molecule is CCCCCCCCCCCC(=O)NCCC[N+](C)(CCO)CCN1CCCC1=O.CCCCCCCCCCCCCCCCCC(=O)NCC[N+](CC)(CCCCCCCCCCCCCCCC)CN1CCCC1=O. The Kier molecular flexibility index (Phi) is 49.9. The van der Waals surface area contributed by atoms with Gasteiger partial charge in [-0.15, -0.1) is 0 Å². The summed E-state index contributed by atoms with van der Waals surface area (Å²) in [5.74, 6) is 0.961. The number of aliphatic hydroxyl groups excluding tert-OH is 1. The van der Waals surface area contributed by atoms with Gasteiger partial charge in [0.2, 0.25) is 23.6 Å². The van der Waals surface area contributed by atoms with Crippen molar-refractivity contribution in [3.05, 3.63) is 0 Å². The third-order valence-electron chi connectivity index (χ3n) is 17.6. The van der Waals surface area contributed by atoms with Crippen LogP contribution in [0, 0.1) is 0 Å². The molecule has 11 nitrogen and oxygen atoms in total. The van der Waals surface area contributed by atoms with E-state index in [-0.39, 0.29) is 24.3 Å². The average molecular weight is 1100 g/mol. The monoisotopic (exact) mass is 1100 g/mol. The number of amides is 4. The highest BCUT2D eigenvalue weighted by molar-refractivity contribution is 5.78. The molecule has 0 bridgehead atoms. The van der Waals surface area contributed by atoms with E-state index >= 15 is 0 Å². The van der Waals surface area contributed by atoms with E-state index in [0.29, 0.717) is 44.7 Å². The second kappa shape index (κ2) is 52.8. The van der Waals surface area contributed by atoms with Crippen molar-refractivity contribution in [3.8, 4) is 0 Å². The number of carbonyl (C=O) groups is 4. The fourth-order valence-corrected chi connectivity index (χ4v) is 12.0. The highest BCUT2D eigenvalue weighted by atomic mass is 16.3. The number of rotatable bonds is 56. The molecule has 2 unspecified atom stereocenters. The van der Waals surface area contributed by atoms with Crippen LogP contribution in [0.3, 0.4) is 0 Å². The summed E-state index contributed by atoms with van der Waals surface area (Å²) in [6.45, 7) is 19.6. The third kappa shape index (κ3) is 42.6. The largest absolute Gasteiger partial charge is 0.391 e. The van der Waals surface area contributed by atoms with Crippen LogP contribution in [-0.4, -0.2) is 140 Å². The zero-order chi connectivity index (χ0) is 56.9. The van der Waals surface area contributed by atoms with Crippen molar-refractivity contribution >= 4 is 23.6 Å². The molecule has 0 aromatic rings.